The van der Waals surface area contributed by atoms with Crippen molar-refractivity contribution < 1.29 is 22.3 Å². The fourth-order valence-corrected chi connectivity index (χ4v) is 4.02. The predicted molar refractivity (Wildman–Crippen MR) is 128 cm³/mol. The summed E-state index contributed by atoms with van der Waals surface area (Å²) in [6.45, 7) is 2.93. The summed E-state index contributed by atoms with van der Waals surface area (Å²) in [7, 11) is 0. The molecule has 2 heterocycles. The molecule has 9 heteroatoms. The lowest BCUT2D eigenvalue weighted by Gasteiger charge is -2.28. The third-order valence-electron chi connectivity index (χ3n) is 5.91. The number of hydrogen-bond acceptors (Lipinski definition) is 5. The fraction of sp³-hybridized carbons (Fsp3) is 0.222. The van der Waals surface area contributed by atoms with E-state index in [1.54, 1.807) is 12.1 Å². The maximum atomic E-state index is 13.4. The van der Waals surface area contributed by atoms with Crippen LogP contribution in [0, 0.1) is 5.82 Å². The van der Waals surface area contributed by atoms with Crippen molar-refractivity contribution in [2.24, 2.45) is 0 Å². The second-order valence-corrected chi connectivity index (χ2v) is 8.43. The van der Waals surface area contributed by atoms with Crippen molar-refractivity contribution in [3.05, 3.63) is 95.6 Å². The van der Waals surface area contributed by atoms with Crippen molar-refractivity contribution in [3.63, 3.8) is 0 Å². The zero-order valence-electron chi connectivity index (χ0n) is 19.2. The maximum Gasteiger partial charge on any atom is 0.416 e. The molecular formula is C27H22F4N4O. The summed E-state index contributed by atoms with van der Waals surface area (Å²) >= 11 is 0. The number of alkyl halides is 3. The van der Waals surface area contributed by atoms with E-state index in [0.717, 1.165) is 36.5 Å². The van der Waals surface area contributed by atoms with E-state index in [1.165, 1.54) is 24.3 Å². The third kappa shape index (κ3) is 5.52. The maximum absolute atomic E-state index is 13.4. The molecule has 3 aromatic carbocycles. The first kappa shape index (κ1) is 23.9. The van der Waals surface area contributed by atoms with E-state index >= 15 is 0 Å². The minimum absolute atomic E-state index is 0.139. The van der Waals surface area contributed by atoms with Gasteiger partial charge in [-0.1, -0.05) is 24.3 Å². The number of nitrogens with zero attached hydrogens (tertiary/aromatic N) is 4. The van der Waals surface area contributed by atoms with Crippen LogP contribution in [0.4, 0.5) is 23.2 Å². The highest BCUT2D eigenvalue weighted by Crippen LogP contribution is 2.32. The first-order valence-corrected chi connectivity index (χ1v) is 11.5. The molecule has 0 bridgehead atoms. The Labute approximate surface area is 205 Å². The Hall–Kier alpha value is -3.85. The Kier molecular flexibility index (Phi) is 6.65. The van der Waals surface area contributed by atoms with Gasteiger partial charge in [-0.3, -0.25) is 0 Å². The van der Waals surface area contributed by atoms with E-state index in [9.17, 15) is 17.6 Å². The highest BCUT2D eigenvalue weighted by molar-refractivity contribution is 5.64. The molecule has 0 spiro atoms. The molecule has 1 saturated heterocycles. The third-order valence-corrected chi connectivity index (χ3v) is 5.91. The smallest absolute Gasteiger partial charge is 0.378 e. The molecule has 1 aliphatic rings. The molecular weight excluding hydrogens is 472 g/mol. The number of hydrogen-bond donors (Lipinski definition) is 0. The molecule has 0 aliphatic carbocycles. The second kappa shape index (κ2) is 10.0. The lowest BCUT2D eigenvalue weighted by Crippen LogP contribution is -2.36. The van der Waals surface area contributed by atoms with Crippen molar-refractivity contribution in [1.29, 1.82) is 0 Å². The van der Waals surface area contributed by atoms with Gasteiger partial charge in [0, 0.05) is 36.3 Å². The SMILES string of the molecule is Fc1ccc(Cc2nc(-c3ccc(N4CCOCC4)cc3)nc(-c3cccc(C(F)(F)F)c3)n2)cc1. The van der Waals surface area contributed by atoms with Gasteiger partial charge in [-0.05, 0) is 54.1 Å². The van der Waals surface area contributed by atoms with Gasteiger partial charge in [-0.2, -0.15) is 13.2 Å². The predicted octanol–water partition coefficient (Wildman–Crippen LogP) is 5.79. The van der Waals surface area contributed by atoms with Gasteiger partial charge in [0.05, 0.1) is 18.8 Å². The number of morpholine rings is 1. The van der Waals surface area contributed by atoms with Crippen LogP contribution in [-0.4, -0.2) is 41.3 Å². The molecule has 0 saturated carbocycles. The summed E-state index contributed by atoms with van der Waals surface area (Å²) in [5.41, 5.74) is 1.98. The molecule has 1 aromatic heterocycles. The van der Waals surface area contributed by atoms with Crippen LogP contribution in [0.15, 0.2) is 72.8 Å². The molecule has 5 nitrogen and oxygen atoms in total. The summed E-state index contributed by atoms with van der Waals surface area (Å²) in [6, 6.07) is 18.6. The molecule has 36 heavy (non-hydrogen) atoms. The number of rotatable bonds is 5. The Morgan fingerprint density at radius 2 is 1.44 bits per heavy atom. The van der Waals surface area contributed by atoms with Gasteiger partial charge in [0.25, 0.3) is 0 Å². The minimum Gasteiger partial charge on any atom is -0.378 e. The number of ether oxygens (including phenoxy) is 1. The summed E-state index contributed by atoms with van der Waals surface area (Å²) in [4.78, 5) is 15.8. The molecule has 0 unspecified atom stereocenters. The van der Waals surface area contributed by atoms with Crippen molar-refractivity contribution in [2.45, 2.75) is 12.6 Å². The first-order valence-electron chi connectivity index (χ1n) is 11.5. The van der Waals surface area contributed by atoms with Crippen LogP contribution < -0.4 is 4.90 Å². The molecule has 0 amide bonds. The molecule has 1 aliphatic heterocycles. The lowest BCUT2D eigenvalue weighted by atomic mass is 10.1. The Balaban J connectivity index is 1.53. The number of benzene rings is 3. The number of halogens is 4. The second-order valence-electron chi connectivity index (χ2n) is 8.43. The quantitative estimate of drug-likeness (QED) is 0.329. The molecule has 5 rings (SSSR count). The van der Waals surface area contributed by atoms with Gasteiger partial charge < -0.3 is 9.64 Å². The number of anilines is 1. The van der Waals surface area contributed by atoms with Crippen LogP contribution in [0.1, 0.15) is 17.0 Å². The number of aromatic nitrogens is 3. The van der Waals surface area contributed by atoms with Crippen molar-refractivity contribution in [3.8, 4) is 22.8 Å². The van der Waals surface area contributed by atoms with Crippen LogP contribution in [0.2, 0.25) is 0 Å². The zero-order valence-corrected chi connectivity index (χ0v) is 19.2. The van der Waals surface area contributed by atoms with E-state index in [2.05, 4.69) is 19.9 Å². The zero-order chi connectivity index (χ0) is 25.1. The van der Waals surface area contributed by atoms with Crippen LogP contribution >= 0.6 is 0 Å². The molecule has 1 fully saturated rings. The van der Waals surface area contributed by atoms with Crippen LogP contribution in [0.5, 0.6) is 0 Å². The molecule has 0 N–H and O–H groups in total. The topological polar surface area (TPSA) is 51.1 Å². The fourth-order valence-electron chi connectivity index (χ4n) is 4.02. The van der Waals surface area contributed by atoms with Gasteiger partial charge >= 0.3 is 6.18 Å². The van der Waals surface area contributed by atoms with E-state index in [1.807, 2.05) is 24.3 Å². The van der Waals surface area contributed by atoms with Gasteiger partial charge in [0.1, 0.15) is 11.6 Å². The highest BCUT2D eigenvalue weighted by Gasteiger charge is 2.30. The average Bonchev–Trinajstić information content (AvgIpc) is 2.90. The van der Waals surface area contributed by atoms with Gasteiger partial charge in [0.15, 0.2) is 11.6 Å². The Morgan fingerprint density at radius 1 is 0.778 bits per heavy atom. The van der Waals surface area contributed by atoms with Gasteiger partial charge in [0.2, 0.25) is 0 Å². The van der Waals surface area contributed by atoms with E-state index in [-0.39, 0.29) is 23.6 Å². The standard InChI is InChI=1S/C27H22F4N4O/c28-22-8-4-18(5-9-22)16-24-32-25(19-6-10-23(11-7-19)35-12-14-36-15-13-35)34-26(33-24)20-2-1-3-21(17-20)27(29,30)31/h1-11,17H,12-16H2. The molecule has 184 valence electrons. The monoisotopic (exact) mass is 494 g/mol. The van der Waals surface area contributed by atoms with Crippen LogP contribution in [0.3, 0.4) is 0 Å². The van der Waals surface area contributed by atoms with Crippen LogP contribution in [-0.2, 0) is 17.3 Å². The summed E-state index contributed by atoms with van der Waals surface area (Å²) < 4.78 is 58.7. The summed E-state index contributed by atoms with van der Waals surface area (Å²) in [5.74, 6) is 0.500. The van der Waals surface area contributed by atoms with Crippen molar-refractivity contribution in [2.75, 3.05) is 31.2 Å². The minimum atomic E-state index is -4.49. The average molecular weight is 494 g/mol. The van der Waals surface area contributed by atoms with E-state index in [4.69, 9.17) is 4.74 Å². The van der Waals surface area contributed by atoms with Crippen molar-refractivity contribution >= 4 is 5.69 Å². The highest BCUT2D eigenvalue weighted by atomic mass is 19.4. The van der Waals surface area contributed by atoms with Gasteiger partial charge in [-0.15, -0.1) is 0 Å². The van der Waals surface area contributed by atoms with Crippen LogP contribution in [0.25, 0.3) is 22.8 Å². The summed E-state index contributed by atoms with van der Waals surface area (Å²) in [5, 5.41) is 0. The Morgan fingerprint density at radius 3 is 2.11 bits per heavy atom. The normalized spacial score (nSPS) is 14.2. The van der Waals surface area contributed by atoms with E-state index < -0.39 is 11.7 Å². The first-order chi connectivity index (χ1) is 17.3. The molecule has 0 atom stereocenters. The lowest BCUT2D eigenvalue weighted by molar-refractivity contribution is -0.137. The molecule has 4 aromatic rings. The van der Waals surface area contributed by atoms with Crippen molar-refractivity contribution in [1.82, 2.24) is 15.0 Å². The van der Waals surface area contributed by atoms with Gasteiger partial charge in [-0.25, -0.2) is 19.3 Å². The molecule has 0 radical (unpaired) electrons. The summed E-state index contributed by atoms with van der Waals surface area (Å²) in [6.07, 6.45) is -4.22. The largest absolute Gasteiger partial charge is 0.416 e. The Bertz CT molecular complexity index is 1340. The van der Waals surface area contributed by atoms with E-state index in [0.29, 0.717) is 30.4 Å².